The molecular weight excluding hydrogens is 180 g/mol. The highest BCUT2D eigenvalue weighted by Gasteiger charge is 1.88. The highest BCUT2D eigenvalue weighted by molar-refractivity contribution is 5.79. The molecule has 0 saturated carbocycles. The molecule has 0 spiro atoms. The number of rotatable bonds is 2. The van der Waals surface area contributed by atoms with Crippen LogP contribution in [0.2, 0.25) is 0 Å². The van der Waals surface area contributed by atoms with Crippen LogP contribution in [0.1, 0.15) is 19.4 Å². The first kappa shape index (κ1) is 12.4. The number of hydrogen-bond acceptors (Lipinski definition) is 4. The Morgan fingerprint density at radius 2 is 1.71 bits per heavy atom. The van der Waals surface area contributed by atoms with Crippen molar-refractivity contribution >= 4 is 6.21 Å². The van der Waals surface area contributed by atoms with E-state index in [9.17, 15) is 0 Å². The van der Waals surface area contributed by atoms with E-state index in [2.05, 4.69) is 5.10 Å². The van der Waals surface area contributed by atoms with Gasteiger partial charge in [0.2, 0.25) is 0 Å². The van der Waals surface area contributed by atoms with Gasteiger partial charge in [0.25, 0.3) is 0 Å². The second-order valence-corrected chi connectivity index (χ2v) is 2.33. The molecule has 4 nitrogen and oxygen atoms in total. The van der Waals surface area contributed by atoms with Crippen LogP contribution in [0, 0.1) is 0 Å². The van der Waals surface area contributed by atoms with E-state index < -0.39 is 0 Å². The van der Waals surface area contributed by atoms with E-state index in [0.29, 0.717) is 5.17 Å². The molecular formula is C10H16N2O2. The molecule has 2 N–H and O–H groups in total. The number of hydroxylamine groups is 1. The summed E-state index contributed by atoms with van der Waals surface area (Å²) >= 11 is 0. The van der Waals surface area contributed by atoms with Crippen LogP contribution < -0.4 is 0 Å². The summed E-state index contributed by atoms with van der Waals surface area (Å²) in [4.78, 5) is 0. The van der Waals surface area contributed by atoms with Crippen molar-refractivity contribution in [1.82, 2.24) is 5.17 Å². The second kappa shape index (κ2) is 6.91. The summed E-state index contributed by atoms with van der Waals surface area (Å²) in [6.07, 6.45) is 1.49. The summed E-state index contributed by atoms with van der Waals surface area (Å²) in [5.74, 6) is 0.213. The van der Waals surface area contributed by atoms with Gasteiger partial charge in [-0.25, -0.2) is 0 Å². The summed E-state index contributed by atoms with van der Waals surface area (Å²) in [5, 5.41) is 21.9. The minimum absolute atomic E-state index is 0.213. The van der Waals surface area contributed by atoms with Crippen LogP contribution in [0.15, 0.2) is 29.4 Å². The van der Waals surface area contributed by atoms with Gasteiger partial charge in [-0.2, -0.15) is 10.3 Å². The number of aromatic hydroxyl groups is 1. The summed E-state index contributed by atoms with van der Waals surface area (Å²) in [6, 6.07) is 6.50. The number of hydrazone groups is 1. The predicted molar refractivity (Wildman–Crippen MR) is 56.6 cm³/mol. The van der Waals surface area contributed by atoms with E-state index in [0.717, 1.165) is 5.56 Å². The molecule has 0 amide bonds. The van der Waals surface area contributed by atoms with Crippen LogP contribution in [0.5, 0.6) is 5.75 Å². The Kier molecular flexibility index (Phi) is 6.15. The van der Waals surface area contributed by atoms with Gasteiger partial charge in [0, 0.05) is 0 Å². The molecule has 1 rings (SSSR count). The highest BCUT2D eigenvalue weighted by atomic mass is 16.5. The zero-order chi connectivity index (χ0) is 11.0. The predicted octanol–water partition coefficient (Wildman–Crippen LogP) is 2.07. The Bertz CT molecular complexity index is 268. The van der Waals surface area contributed by atoms with Crippen LogP contribution in [0.3, 0.4) is 0 Å². The van der Waals surface area contributed by atoms with E-state index in [1.807, 2.05) is 13.8 Å². The fourth-order valence-electron chi connectivity index (χ4n) is 0.711. The first-order valence-corrected chi connectivity index (χ1v) is 4.44. The van der Waals surface area contributed by atoms with Gasteiger partial charge in [0.1, 0.15) is 5.75 Å². The normalized spacial score (nSPS) is 9.43. The van der Waals surface area contributed by atoms with Crippen LogP contribution >= 0.6 is 0 Å². The molecule has 78 valence electrons. The first-order chi connectivity index (χ1) is 6.68. The maximum Gasteiger partial charge on any atom is 0.115 e. The van der Waals surface area contributed by atoms with Gasteiger partial charge in [-0.15, -0.1) is 0 Å². The van der Waals surface area contributed by atoms with E-state index in [4.69, 9.17) is 10.3 Å². The topological polar surface area (TPSA) is 56.1 Å². The van der Waals surface area contributed by atoms with Gasteiger partial charge in [-0.05, 0) is 29.8 Å². The Labute approximate surface area is 84.1 Å². The minimum Gasteiger partial charge on any atom is -0.508 e. The van der Waals surface area contributed by atoms with Crippen LogP contribution in [-0.4, -0.2) is 28.7 Å². The van der Waals surface area contributed by atoms with Crippen molar-refractivity contribution in [2.75, 3.05) is 7.05 Å². The van der Waals surface area contributed by atoms with Crippen molar-refractivity contribution in [2.24, 2.45) is 5.10 Å². The van der Waals surface area contributed by atoms with E-state index in [1.165, 1.54) is 13.3 Å². The largest absolute Gasteiger partial charge is 0.508 e. The Morgan fingerprint density at radius 1 is 1.21 bits per heavy atom. The molecule has 0 fully saturated rings. The molecule has 0 aromatic heterocycles. The lowest BCUT2D eigenvalue weighted by molar-refractivity contribution is -0.0622. The van der Waals surface area contributed by atoms with E-state index in [1.54, 1.807) is 24.3 Å². The molecule has 1 aromatic carbocycles. The molecule has 0 heterocycles. The van der Waals surface area contributed by atoms with Crippen molar-refractivity contribution in [3.63, 3.8) is 0 Å². The highest BCUT2D eigenvalue weighted by Crippen LogP contribution is 2.07. The third-order valence-corrected chi connectivity index (χ3v) is 1.27. The summed E-state index contributed by atoms with van der Waals surface area (Å²) in [7, 11) is 1.41. The lowest BCUT2D eigenvalue weighted by Crippen LogP contribution is -2.02. The Morgan fingerprint density at radius 3 is 2.14 bits per heavy atom. The van der Waals surface area contributed by atoms with Gasteiger partial charge >= 0.3 is 0 Å². The van der Waals surface area contributed by atoms with Crippen LogP contribution in [0.4, 0.5) is 0 Å². The van der Waals surface area contributed by atoms with Gasteiger partial charge < -0.3 is 5.11 Å². The smallest absolute Gasteiger partial charge is 0.115 e. The zero-order valence-electron chi connectivity index (χ0n) is 8.68. The third kappa shape index (κ3) is 5.16. The third-order valence-electron chi connectivity index (χ3n) is 1.27. The summed E-state index contributed by atoms with van der Waals surface area (Å²) in [5.41, 5.74) is 0.814. The molecule has 0 radical (unpaired) electrons. The molecule has 1 aromatic rings. The fourth-order valence-corrected chi connectivity index (χ4v) is 0.711. The molecule has 0 bridgehead atoms. The van der Waals surface area contributed by atoms with Gasteiger partial charge in [0.15, 0.2) is 0 Å². The Hall–Kier alpha value is -1.55. The van der Waals surface area contributed by atoms with E-state index in [-0.39, 0.29) is 5.75 Å². The first-order valence-electron chi connectivity index (χ1n) is 4.44. The molecule has 0 saturated heterocycles. The maximum atomic E-state index is 8.93. The second-order valence-electron chi connectivity index (χ2n) is 2.33. The molecule has 4 heteroatoms. The summed E-state index contributed by atoms with van der Waals surface area (Å²) in [6.45, 7) is 4.00. The molecule has 14 heavy (non-hydrogen) atoms. The molecule has 0 aliphatic heterocycles. The summed E-state index contributed by atoms with van der Waals surface area (Å²) < 4.78 is 0. The Balaban J connectivity index is 0.000000791. The average molecular weight is 196 g/mol. The van der Waals surface area contributed by atoms with Crippen molar-refractivity contribution in [3.8, 4) is 5.75 Å². The van der Waals surface area contributed by atoms with Crippen molar-refractivity contribution < 1.29 is 10.3 Å². The van der Waals surface area contributed by atoms with E-state index >= 15 is 0 Å². The lowest BCUT2D eigenvalue weighted by Gasteiger charge is -1.99. The van der Waals surface area contributed by atoms with Crippen molar-refractivity contribution in [3.05, 3.63) is 29.8 Å². The minimum atomic E-state index is 0.213. The number of phenolic OH excluding ortho intramolecular Hbond substituents is 1. The molecule has 0 unspecified atom stereocenters. The molecule has 0 aliphatic rings. The SMILES string of the molecule is CC.CN(O)/N=C/c1ccc(O)cc1. The molecule has 0 aliphatic carbocycles. The number of benzene rings is 1. The fraction of sp³-hybridized carbons (Fsp3) is 0.300. The van der Waals surface area contributed by atoms with Crippen LogP contribution in [0.25, 0.3) is 0 Å². The quantitative estimate of drug-likeness (QED) is 0.562. The van der Waals surface area contributed by atoms with Gasteiger partial charge in [0.05, 0.1) is 13.3 Å². The lowest BCUT2D eigenvalue weighted by atomic mass is 10.2. The van der Waals surface area contributed by atoms with Crippen LogP contribution in [-0.2, 0) is 0 Å². The van der Waals surface area contributed by atoms with Crippen molar-refractivity contribution in [2.45, 2.75) is 13.8 Å². The monoisotopic (exact) mass is 196 g/mol. The maximum absolute atomic E-state index is 8.93. The number of hydrogen-bond donors (Lipinski definition) is 2. The number of nitrogens with zero attached hydrogens (tertiary/aromatic N) is 2. The standard InChI is InChI=1S/C8H10N2O2.C2H6/c1-10(12)9-6-7-2-4-8(11)5-3-7;1-2/h2-6,11-12H,1H3;1-2H3/b9-6+;. The average Bonchev–Trinajstić information content (AvgIpc) is 2.20. The molecule has 0 atom stereocenters. The number of phenols is 1. The van der Waals surface area contributed by atoms with Gasteiger partial charge in [-0.3, -0.25) is 5.21 Å². The zero-order valence-corrected chi connectivity index (χ0v) is 8.68. The van der Waals surface area contributed by atoms with Crippen molar-refractivity contribution in [1.29, 1.82) is 0 Å². The van der Waals surface area contributed by atoms with Gasteiger partial charge in [-0.1, -0.05) is 13.8 Å².